The molecule has 0 spiro atoms. The fourth-order valence-corrected chi connectivity index (χ4v) is 8.17. The molecule has 1 saturated heterocycles. The lowest BCUT2D eigenvalue weighted by molar-refractivity contribution is -0.0829. The van der Waals surface area contributed by atoms with Gasteiger partial charge in [0, 0.05) is 51.9 Å². The second-order valence-corrected chi connectivity index (χ2v) is 12.9. The molecule has 2 aromatic carbocycles. The smallest absolute Gasteiger partial charge is 0.169 e. The number of aliphatic hydroxyl groups is 1. The molecule has 10 nitrogen and oxygen atoms in total. The van der Waals surface area contributed by atoms with Crippen molar-refractivity contribution in [2.75, 3.05) is 27.9 Å². The molecule has 5 atom stereocenters. The minimum atomic E-state index is -0.684. The van der Waals surface area contributed by atoms with E-state index in [1.165, 1.54) is 0 Å². The zero-order valence-corrected chi connectivity index (χ0v) is 25.6. The number of aliphatic hydroxyl groups excluding tert-OH is 1. The number of aromatic hydroxyl groups is 2. The van der Waals surface area contributed by atoms with Crippen LogP contribution in [-0.2, 0) is 19.3 Å². The van der Waals surface area contributed by atoms with Gasteiger partial charge in [-0.1, -0.05) is 7.43 Å². The van der Waals surface area contributed by atoms with Gasteiger partial charge in [0.05, 0.1) is 45.1 Å². The predicted molar refractivity (Wildman–Crippen MR) is 162 cm³/mol. The highest BCUT2D eigenvalue weighted by molar-refractivity contribution is 5.68. The summed E-state index contributed by atoms with van der Waals surface area (Å²) in [5, 5.41) is 45.1. The Morgan fingerprint density at radius 2 is 1.63 bits per heavy atom. The van der Waals surface area contributed by atoms with Gasteiger partial charge in [-0.25, -0.2) is 0 Å². The predicted octanol–water partition coefficient (Wildman–Crippen LogP) is 4.32. The van der Waals surface area contributed by atoms with Crippen LogP contribution in [0.4, 0.5) is 0 Å². The second kappa shape index (κ2) is 10.7. The highest BCUT2D eigenvalue weighted by Gasteiger charge is 2.57. The number of nitriles is 1. The maximum Gasteiger partial charge on any atom is 0.169 e. The molecule has 1 fully saturated rings. The molecule has 4 aliphatic heterocycles. The molecule has 43 heavy (non-hydrogen) atoms. The third kappa shape index (κ3) is 4.23. The van der Waals surface area contributed by atoms with Gasteiger partial charge in [0.15, 0.2) is 23.0 Å². The number of fused-ring (bicyclic) bond motifs is 8. The van der Waals surface area contributed by atoms with Crippen LogP contribution in [0.5, 0.6) is 34.5 Å². The van der Waals surface area contributed by atoms with Crippen LogP contribution < -0.4 is 18.9 Å². The summed E-state index contributed by atoms with van der Waals surface area (Å²) in [6, 6.07) is 0.290. The fraction of sp³-hybridized carbons (Fsp3) is 0.606. The van der Waals surface area contributed by atoms with E-state index in [1.807, 2.05) is 46.6 Å². The van der Waals surface area contributed by atoms with Gasteiger partial charge >= 0.3 is 0 Å². The number of likely N-dealkylation sites (N-methyl/N-ethyl adjacent to an activating group) is 1. The number of methoxy groups -OCH3 is 2. The zero-order chi connectivity index (χ0) is 30.4. The maximum absolute atomic E-state index is 11.9. The van der Waals surface area contributed by atoms with Gasteiger partial charge in [-0.05, 0) is 54.5 Å². The summed E-state index contributed by atoms with van der Waals surface area (Å²) in [6.07, 6.45) is 1.28. The van der Waals surface area contributed by atoms with Crippen LogP contribution in [0.25, 0.3) is 0 Å². The second-order valence-electron chi connectivity index (χ2n) is 12.9. The van der Waals surface area contributed by atoms with Gasteiger partial charge in [0.25, 0.3) is 0 Å². The molecule has 234 valence electrons. The molecule has 3 unspecified atom stereocenters. The quantitative estimate of drug-likeness (QED) is 0.460. The van der Waals surface area contributed by atoms with E-state index in [-0.39, 0.29) is 49.8 Å². The van der Waals surface area contributed by atoms with Crippen molar-refractivity contribution in [2.45, 2.75) is 103 Å². The van der Waals surface area contributed by atoms with Crippen LogP contribution in [0, 0.1) is 18.3 Å². The third-order valence-electron chi connectivity index (χ3n) is 9.63. The number of hydrogen-bond donors (Lipinski definition) is 3. The van der Waals surface area contributed by atoms with Crippen molar-refractivity contribution in [3.63, 3.8) is 0 Å². The summed E-state index contributed by atoms with van der Waals surface area (Å²) in [5.74, 6) is 2.16. The molecular weight excluding hydrogens is 550 g/mol. The van der Waals surface area contributed by atoms with Crippen LogP contribution in [0.15, 0.2) is 0 Å². The van der Waals surface area contributed by atoms with E-state index in [0.717, 1.165) is 22.3 Å². The average Bonchev–Trinajstić information content (AvgIpc) is 3.26. The van der Waals surface area contributed by atoms with Crippen molar-refractivity contribution in [2.24, 2.45) is 0 Å². The molecule has 10 heteroatoms. The Morgan fingerprint density at radius 1 is 1.00 bits per heavy atom. The summed E-state index contributed by atoms with van der Waals surface area (Å²) in [4.78, 5) is 4.22. The molecule has 2 bridgehead atoms. The Labute approximate surface area is 254 Å². The third-order valence-corrected chi connectivity index (χ3v) is 9.63. The van der Waals surface area contributed by atoms with Crippen LogP contribution in [-0.4, -0.2) is 82.8 Å². The number of hydrogen-bond acceptors (Lipinski definition) is 10. The van der Waals surface area contributed by atoms with Crippen molar-refractivity contribution >= 4 is 0 Å². The summed E-state index contributed by atoms with van der Waals surface area (Å²) in [6.45, 7) is 9.33. The highest BCUT2D eigenvalue weighted by atomic mass is 16.5. The Balaban J connectivity index is 0.00000368. The van der Waals surface area contributed by atoms with Gasteiger partial charge in [-0.2, -0.15) is 5.26 Å². The Hall–Kier alpha value is -3.39. The van der Waals surface area contributed by atoms with Crippen LogP contribution in [0.2, 0.25) is 0 Å². The normalized spacial score (nSPS) is 26.7. The highest BCUT2D eigenvalue weighted by Crippen LogP contribution is 2.60. The van der Waals surface area contributed by atoms with E-state index in [1.54, 1.807) is 14.2 Å². The van der Waals surface area contributed by atoms with Gasteiger partial charge in [-0.3, -0.25) is 9.80 Å². The Morgan fingerprint density at radius 3 is 2.21 bits per heavy atom. The molecule has 2 aromatic rings. The summed E-state index contributed by atoms with van der Waals surface area (Å²) in [5.41, 5.74) is 3.93. The van der Waals surface area contributed by atoms with E-state index in [2.05, 4.69) is 11.0 Å². The number of rotatable bonds is 5. The van der Waals surface area contributed by atoms with Crippen molar-refractivity contribution in [3.8, 4) is 40.6 Å². The molecule has 6 rings (SSSR count). The monoisotopic (exact) mass is 595 g/mol. The molecule has 0 aliphatic carbocycles. The summed E-state index contributed by atoms with van der Waals surface area (Å²) in [7, 11) is 5.23. The van der Waals surface area contributed by atoms with Crippen LogP contribution in [0.3, 0.4) is 0 Å². The molecule has 0 aromatic heterocycles. The van der Waals surface area contributed by atoms with Crippen molar-refractivity contribution in [1.29, 1.82) is 5.26 Å². The Kier molecular flexibility index (Phi) is 7.69. The first-order valence-corrected chi connectivity index (χ1v) is 14.6. The van der Waals surface area contributed by atoms with E-state index in [0.29, 0.717) is 53.4 Å². The summed E-state index contributed by atoms with van der Waals surface area (Å²) >= 11 is 0. The lowest BCUT2D eigenvalue weighted by atomic mass is 9.71. The average molecular weight is 596 g/mol. The largest absolute Gasteiger partial charge is 0.504 e. The van der Waals surface area contributed by atoms with E-state index < -0.39 is 17.7 Å². The lowest BCUT2D eigenvalue weighted by Crippen LogP contribution is -2.68. The first kappa shape index (κ1) is 31.0. The molecule has 4 aliphatic rings. The molecule has 0 saturated carbocycles. The Bertz CT molecular complexity index is 1500. The van der Waals surface area contributed by atoms with E-state index in [4.69, 9.17) is 18.9 Å². The van der Waals surface area contributed by atoms with Crippen molar-refractivity contribution in [1.82, 2.24) is 9.80 Å². The lowest BCUT2D eigenvalue weighted by Gasteiger charge is -2.59. The molecular formula is C33H45N3O7. The number of piperazine rings is 1. The van der Waals surface area contributed by atoms with Crippen molar-refractivity contribution in [3.05, 3.63) is 33.4 Å². The number of nitrogens with zero attached hydrogens (tertiary/aromatic N) is 3. The fourth-order valence-electron chi connectivity index (χ4n) is 8.17. The molecule has 3 N–H and O–H groups in total. The SMILES string of the molecule is C.COc1c(C)c(OC(C)C)c(O)c2c1CC1[C@H](C#N)N3C(CO)c4c(O)c5c(c(OC)c4CC3[C@@H]2N1C)CC(C)(C)O5. The van der Waals surface area contributed by atoms with Gasteiger partial charge < -0.3 is 34.3 Å². The summed E-state index contributed by atoms with van der Waals surface area (Å²) < 4.78 is 24.3. The van der Waals surface area contributed by atoms with Gasteiger partial charge in [-0.15, -0.1) is 0 Å². The first-order chi connectivity index (χ1) is 19.9. The zero-order valence-electron chi connectivity index (χ0n) is 25.6. The standard InChI is InChI=1S/C32H41N3O7.CH4/c1-14(2)41-29-15(3)28(39-7)17-9-19-21(12-33)35-20(25(34(19)6)24(17)27(29)38)10-16-23(22(35)13-36)26(37)31-18(30(16)40-8)11-32(4,5)42-31;/h14,19-22,25,36-38H,9-11,13H2,1-8H3;1H4/t19?,20?,21-,22?,25-;/m0./s1. The number of phenolic OH excluding ortho intramolecular Hbond substituents is 2. The van der Waals surface area contributed by atoms with Crippen molar-refractivity contribution < 1.29 is 34.3 Å². The number of benzene rings is 2. The first-order valence-electron chi connectivity index (χ1n) is 14.6. The maximum atomic E-state index is 11.9. The number of ether oxygens (including phenoxy) is 4. The molecule has 0 radical (unpaired) electrons. The number of phenols is 2. The molecule has 0 amide bonds. The van der Waals surface area contributed by atoms with E-state index >= 15 is 0 Å². The minimum Gasteiger partial charge on any atom is -0.504 e. The van der Waals surface area contributed by atoms with Gasteiger partial charge in [0.2, 0.25) is 0 Å². The van der Waals surface area contributed by atoms with Crippen LogP contribution >= 0.6 is 0 Å². The van der Waals surface area contributed by atoms with Crippen LogP contribution in [0.1, 0.15) is 80.6 Å². The van der Waals surface area contributed by atoms with E-state index in [9.17, 15) is 20.6 Å². The van der Waals surface area contributed by atoms with Gasteiger partial charge in [0.1, 0.15) is 23.1 Å². The topological polar surface area (TPSA) is 128 Å². The molecule has 4 heterocycles. The minimum absolute atomic E-state index is 0.